The molecule has 1 saturated carbocycles. The molecule has 1 N–H and O–H groups in total. The molecule has 17 heavy (non-hydrogen) atoms. The summed E-state index contributed by atoms with van der Waals surface area (Å²) < 4.78 is 0. The van der Waals surface area contributed by atoms with E-state index < -0.39 is 0 Å². The van der Waals surface area contributed by atoms with Crippen LogP contribution >= 0.6 is 0 Å². The lowest BCUT2D eigenvalue weighted by atomic mass is 9.79. The molecule has 0 aliphatic heterocycles. The molecule has 3 rings (SSSR count). The lowest BCUT2D eigenvalue weighted by Gasteiger charge is -2.26. The third kappa shape index (κ3) is 1.48. The zero-order valence-corrected chi connectivity index (χ0v) is 10.9. The minimum Gasteiger partial charge on any atom is -0.395 e. The summed E-state index contributed by atoms with van der Waals surface area (Å²) in [4.78, 5) is 0. The van der Waals surface area contributed by atoms with Gasteiger partial charge in [0, 0.05) is 5.41 Å². The number of benzene rings is 1. The van der Waals surface area contributed by atoms with E-state index in [9.17, 15) is 5.11 Å². The summed E-state index contributed by atoms with van der Waals surface area (Å²) in [7, 11) is 0. The van der Waals surface area contributed by atoms with Crippen molar-refractivity contribution in [2.75, 3.05) is 6.61 Å². The minimum absolute atomic E-state index is 0.0513. The van der Waals surface area contributed by atoms with E-state index >= 15 is 0 Å². The van der Waals surface area contributed by atoms with Crippen molar-refractivity contribution in [3.05, 3.63) is 34.9 Å². The molecule has 1 aromatic carbocycles. The van der Waals surface area contributed by atoms with Crippen LogP contribution in [0.3, 0.4) is 0 Å². The molecule has 92 valence electrons. The van der Waals surface area contributed by atoms with Crippen molar-refractivity contribution in [2.45, 2.75) is 51.4 Å². The molecule has 1 unspecified atom stereocenters. The Hall–Kier alpha value is -0.820. The Bertz CT molecular complexity index is 447. The molecule has 0 aromatic heterocycles. The van der Waals surface area contributed by atoms with Crippen molar-refractivity contribution in [1.29, 1.82) is 0 Å². The van der Waals surface area contributed by atoms with Gasteiger partial charge < -0.3 is 5.11 Å². The van der Waals surface area contributed by atoms with Gasteiger partial charge in [0.05, 0.1) is 6.61 Å². The smallest absolute Gasteiger partial charge is 0.0533 e. The largest absolute Gasteiger partial charge is 0.395 e. The van der Waals surface area contributed by atoms with E-state index in [2.05, 4.69) is 32.0 Å². The summed E-state index contributed by atoms with van der Waals surface area (Å²) in [6, 6.07) is 6.72. The lowest BCUT2D eigenvalue weighted by Crippen LogP contribution is -2.22. The summed E-state index contributed by atoms with van der Waals surface area (Å²) in [5, 5.41) is 9.85. The molecule has 1 fully saturated rings. The molecule has 0 heterocycles. The van der Waals surface area contributed by atoms with E-state index in [4.69, 9.17) is 0 Å². The maximum Gasteiger partial charge on any atom is 0.0533 e. The van der Waals surface area contributed by atoms with E-state index in [0.29, 0.717) is 6.61 Å². The Morgan fingerprint density at radius 1 is 1.18 bits per heavy atom. The Kier molecular flexibility index (Phi) is 2.38. The van der Waals surface area contributed by atoms with Crippen LogP contribution in [0.25, 0.3) is 0 Å². The summed E-state index contributed by atoms with van der Waals surface area (Å²) in [5.41, 5.74) is 4.86. The number of aryl methyl sites for hydroxylation is 1. The SMILES string of the molecule is CC1(C)CC1(CO)c1cccc2c1CCCC2. The second-order valence-corrected chi connectivity index (χ2v) is 6.45. The first kappa shape index (κ1) is 11.3. The van der Waals surface area contributed by atoms with Crippen LogP contribution in [0.2, 0.25) is 0 Å². The highest BCUT2D eigenvalue weighted by molar-refractivity contribution is 5.47. The van der Waals surface area contributed by atoms with E-state index in [1.54, 1.807) is 5.56 Å². The van der Waals surface area contributed by atoms with E-state index in [-0.39, 0.29) is 10.8 Å². The van der Waals surface area contributed by atoms with Gasteiger partial charge in [0.25, 0.3) is 0 Å². The van der Waals surface area contributed by atoms with Gasteiger partial charge in [0.1, 0.15) is 0 Å². The molecule has 2 aliphatic rings. The molecule has 1 aromatic rings. The van der Waals surface area contributed by atoms with E-state index in [0.717, 1.165) is 6.42 Å². The highest BCUT2D eigenvalue weighted by Crippen LogP contribution is 2.64. The second-order valence-electron chi connectivity index (χ2n) is 6.45. The Morgan fingerprint density at radius 2 is 1.88 bits per heavy atom. The first-order valence-corrected chi connectivity index (χ1v) is 6.83. The highest BCUT2D eigenvalue weighted by atomic mass is 16.3. The van der Waals surface area contributed by atoms with Crippen molar-refractivity contribution < 1.29 is 5.11 Å². The maximum atomic E-state index is 9.85. The minimum atomic E-state index is 0.0513. The van der Waals surface area contributed by atoms with Crippen molar-refractivity contribution in [1.82, 2.24) is 0 Å². The quantitative estimate of drug-likeness (QED) is 0.827. The molecule has 0 saturated heterocycles. The molecule has 1 nitrogen and oxygen atoms in total. The Balaban J connectivity index is 2.10. The van der Waals surface area contributed by atoms with Crippen LogP contribution in [0.1, 0.15) is 49.8 Å². The van der Waals surface area contributed by atoms with Gasteiger partial charge in [-0.05, 0) is 54.2 Å². The van der Waals surface area contributed by atoms with Crippen molar-refractivity contribution in [2.24, 2.45) is 5.41 Å². The standard InChI is InChI=1S/C16H22O/c1-15(2)10-16(15,11-17)14-9-5-7-12-6-3-4-8-13(12)14/h5,7,9,17H,3-4,6,8,10-11H2,1-2H3. The lowest BCUT2D eigenvalue weighted by molar-refractivity contribution is 0.230. The maximum absolute atomic E-state index is 9.85. The summed E-state index contributed by atoms with van der Waals surface area (Å²) >= 11 is 0. The van der Waals surface area contributed by atoms with Gasteiger partial charge in [0.2, 0.25) is 0 Å². The molecule has 0 amide bonds. The van der Waals surface area contributed by atoms with Gasteiger partial charge in [-0.2, -0.15) is 0 Å². The number of rotatable bonds is 2. The van der Waals surface area contributed by atoms with Gasteiger partial charge in [0.15, 0.2) is 0 Å². The summed E-state index contributed by atoms with van der Waals surface area (Å²) in [6.07, 6.45) is 6.21. The third-order valence-corrected chi connectivity index (χ3v) is 5.10. The Morgan fingerprint density at radius 3 is 2.53 bits per heavy atom. The monoisotopic (exact) mass is 230 g/mol. The van der Waals surface area contributed by atoms with Crippen LogP contribution in [-0.2, 0) is 18.3 Å². The number of aliphatic hydroxyl groups excluding tert-OH is 1. The van der Waals surface area contributed by atoms with Crippen LogP contribution in [0, 0.1) is 5.41 Å². The second kappa shape index (κ2) is 3.58. The number of hydrogen-bond donors (Lipinski definition) is 1. The van der Waals surface area contributed by atoms with E-state index in [1.807, 2.05) is 0 Å². The number of hydrogen-bond acceptors (Lipinski definition) is 1. The van der Waals surface area contributed by atoms with Crippen molar-refractivity contribution in [3.8, 4) is 0 Å². The number of aliphatic hydroxyl groups is 1. The Labute approximate surface area is 104 Å². The van der Waals surface area contributed by atoms with Crippen LogP contribution in [0.5, 0.6) is 0 Å². The molecule has 0 radical (unpaired) electrons. The average Bonchev–Trinajstić information content (AvgIpc) is 2.92. The fourth-order valence-electron chi connectivity index (χ4n) is 3.75. The topological polar surface area (TPSA) is 20.2 Å². The third-order valence-electron chi connectivity index (χ3n) is 5.10. The van der Waals surface area contributed by atoms with Crippen LogP contribution in [0.15, 0.2) is 18.2 Å². The zero-order valence-electron chi connectivity index (χ0n) is 10.9. The summed E-state index contributed by atoms with van der Waals surface area (Å²) in [5.74, 6) is 0. The summed E-state index contributed by atoms with van der Waals surface area (Å²) in [6.45, 7) is 4.87. The predicted molar refractivity (Wildman–Crippen MR) is 70.2 cm³/mol. The molecule has 0 bridgehead atoms. The fraction of sp³-hybridized carbons (Fsp3) is 0.625. The van der Waals surface area contributed by atoms with Gasteiger partial charge in [-0.15, -0.1) is 0 Å². The van der Waals surface area contributed by atoms with Crippen LogP contribution in [0.4, 0.5) is 0 Å². The fourth-order valence-corrected chi connectivity index (χ4v) is 3.75. The molecule has 2 aliphatic carbocycles. The van der Waals surface area contributed by atoms with Gasteiger partial charge >= 0.3 is 0 Å². The van der Waals surface area contributed by atoms with E-state index in [1.165, 1.54) is 36.8 Å². The number of fused-ring (bicyclic) bond motifs is 1. The molecular formula is C16H22O. The van der Waals surface area contributed by atoms with Crippen molar-refractivity contribution in [3.63, 3.8) is 0 Å². The zero-order chi connectivity index (χ0) is 12.1. The molecule has 1 heteroatoms. The molecule has 1 atom stereocenters. The molecular weight excluding hydrogens is 208 g/mol. The van der Waals surface area contributed by atoms with Crippen LogP contribution < -0.4 is 0 Å². The predicted octanol–water partition coefficient (Wildman–Crippen LogP) is 3.23. The van der Waals surface area contributed by atoms with Gasteiger partial charge in [-0.1, -0.05) is 32.0 Å². The van der Waals surface area contributed by atoms with Gasteiger partial charge in [-0.3, -0.25) is 0 Å². The first-order valence-electron chi connectivity index (χ1n) is 6.83. The van der Waals surface area contributed by atoms with Crippen molar-refractivity contribution >= 4 is 0 Å². The van der Waals surface area contributed by atoms with Gasteiger partial charge in [-0.25, -0.2) is 0 Å². The molecule has 0 spiro atoms. The normalized spacial score (nSPS) is 29.8. The average molecular weight is 230 g/mol. The highest BCUT2D eigenvalue weighted by Gasteiger charge is 2.62. The first-order chi connectivity index (χ1) is 8.11. The van der Waals surface area contributed by atoms with Crippen LogP contribution in [-0.4, -0.2) is 11.7 Å².